The topological polar surface area (TPSA) is 181 Å². The molecule has 5 amide bonds. The van der Waals surface area contributed by atoms with E-state index in [4.69, 9.17) is 9.47 Å². The smallest absolute Gasteiger partial charge is 0.410 e. The predicted octanol–water partition coefficient (Wildman–Crippen LogP) is 4.41. The lowest BCUT2D eigenvalue weighted by Crippen LogP contribution is -2.58. The maximum absolute atomic E-state index is 14.4. The minimum atomic E-state index is -4.25. The number of nitrogens with zero attached hydrogens (tertiary/aromatic N) is 2. The van der Waals surface area contributed by atoms with Gasteiger partial charge in [-0.1, -0.05) is 37.1 Å². The molecule has 1 aromatic heterocycles. The first-order chi connectivity index (χ1) is 25.5. The number of carbonyl (C=O) groups excluding carboxylic acids is 5. The Labute approximate surface area is 317 Å². The Kier molecular flexibility index (Phi) is 11.1. The van der Waals surface area contributed by atoms with Crippen molar-refractivity contribution in [3.05, 3.63) is 64.3 Å². The van der Waals surface area contributed by atoms with Crippen LogP contribution in [0.3, 0.4) is 0 Å². The van der Waals surface area contributed by atoms with Crippen molar-refractivity contribution in [1.82, 2.24) is 25.2 Å². The number of hydrogen-bond acceptors (Lipinski definition) is 10. The third-order valence-corrected chi connectivity index (χ3v) is 12.9. The van der Waals surface area contributed by atoms with Gasteiger partial charge in [-0.05, 0) is 82.0 Å². The molecule has 5 atom stereocenters. The summed E-state index contributed by atoms with van der Waals surface area (Å²) in [6.45, 7) is 6.70. The SMILES string of the molecule is Cc1csc(S(=O)(=O)NC(=O)[C@@]23C[C@H]2/C=C\CCCCC[C@H](NC(=O)OC(C)(C)C)C(=O)N2C[C@H](OC(=O)N4Cc5cccc(F)c5C4)C[C@H]2C(=O)N3)c1. The number of amides is 5. The molecule has 54 heavy (non-hydrogen) atoms. The van der Waals surface area contributed by atoms with Gasteiger partial charge in [0.15, 0.2) is 0 Å². The quantitative estimate of drug-likeness (QED) is 0.370. The molecular weight excluding hydrogens is 742 g/mol. The molecule has 0 spiro atoms. The number of hydrogen-bond donors (Lipinski definition) is 3. The highest BCUT2D eigenvalue weighted by atomic mass is 32.2. The molecule has 4 aliphatic rings. The Morgan fingerprint density at radius 2 is 1.89 bits per heavy atom. The Hall–Kier alpha value is -4.51. The van der Waals surface area contributed by atoms with Crippen molar-refractivity contribution in [2.24, 2.45) is 5.92 Å². The highest BCUT2D eigenvalue weighted by Gasteiger charge is 2.62. The molecule has 1 saturated carbocycles. The minimum Gasteiger partial charge on any atom is -0.444 e. The molecule has 2 fully saturated rings. The molecular formula is C37H46FN5O9S2. The van der Waals surface area contributed by atoms with Gasteiger partial charge in [0.1, 0.15) is 39.4 Å². The standard InChI is InChI=1S/C37H46FN5O9S2/c1-22-15-30(53-21-22)54(49,50)41-33(46)37-17-24(37)12-8-6-5-7-9-14-28(39-34(47)52-36(2,3)4)32(45)43-19-25(16-29(43)31(44)40-37)51-35(48)42-18-23-11-10-13-27(38)26(23)20-42/h8,10-13,15,21,24-25,28-29H,5-7,9,14,16-20H2,1-4H3,(H,39,47)(H,40,44)(H,41,46)/b12-8-/t24-,25-,28+,29+,37-/m1/s1. The summed E-state index contributed by atoms with van der Waals surface area (Å²) in [6, 6.07) is 3.68. The number of ether oxygens (including phenoxy) is 2. The van der Waals surface area contributed by atoms with Crippen LogP contribution < -0.4 is 15.4 Å². The van der Waals surface area contributed by atoms with E-state index >= 15 is 0 Å². The summed E-state index contributed by atoms with van der Waals surface area (Å²) in [5, 5.41) is 7.09. The number of halogens is 1. The summed E-state index contributed by atoms with van der Waals surface area (Å²) in [6.07, 6.45) is 4.00. The summed E-state index contributed by atoms with van der Waals surface area (Å²) >= 11 is 0.964. The third kappa shape index (κ3) is 8.72. The Morgan fingerprint density at radius 3 is 2.59 bits per heavy atom. The number of sulfonamides is 1. The van der Waals surface area contributed by atoms with Crippen LogP contribution in [-0.2, 0) is 47.0 Å². The fourth-order valence-corrected chi connectivity index (χ4v) is 9.42. The number of rotatable bonds is 5. The van der Waals surface area contributed by atoms with E-state index in [1.807, 2.05) is 6.08 Å². The molecule has 292 valence electrons. The summed E-state index contributed by atoms with van der Waals surface area (Å²) in [7, 11) is -4.25. The fourth-order valence-electron chi connectivity index (χ4n) is 7.15. The monoisotopic (exact) mass is 787 g/mol. The first-order valence-electron chi connectivity index (χ1n) is 18.1. The predicted molar refractivity (Wildman–Crippen MR) is 195 cm³/mol. The first-order valence-corrected chi connectivity index (χ1v) is 20.4. The number of thiophene rings is 1. The van der Waals surface area contributed by atoms with Crippen LogP contribution >= 0.6 is 11.3 Å². The maximum Gasteiger partial charge on any atom is 0.410 e. The van der Waals surface area contributed by atoms with Crippen LogP contribution in [0.2, 0.25) is 0 Å². The van der Waals surface area contributed by atoms with Gasteiger partial charge in [-0.15, -0.1) is 11.3 Å². The van der Waals surface area contributed by atoms with Gasteiger partial charge in [0.05, 0.1) is 13.1 Å². The minimum absolute atomic E-state index is 0.0114. The summed E-state index contributed by atoms with van der Waals surface area (Å²) in [5.41, 5.74) is -0.742. The van der Waals surface area contributed by atoms with Crippen LogP contribution in [0.15, 0.2) is 46.0 Å². The second kappa shape index (κ2) is 15.3. The lowest BCUT2D eigenvalue weighted by atomic mass is 10.0. The van der Waals surface area contributed by atoms with Crippen LogP contribution in [0, 0.1) is 18.7 Å². The molecule has 4 heterocycles. The molecule has 0 bridgehead atoms. The van der Waals surface area contributed by atoms with Crippen LogP contribution in [0.5, 0.6) is 0 Å². The van der Waals surface area contributed by atoms with E-state index in [0.29, 0.717) is 36.0 Å². The van der Waals surface area contributed by atoms with Crippen LogP contribution in [-0.4, -0.2) is 84.0 Å². The van der Waals surface area contributed by atoms with Crippen LogP contribution in [0.4, 0.5) is 14.0 Å². The number of allylic oxidation sites excluding steroid dienone is 1. The van der Waals surface area contributed by atoms with E-state index in [2.05, 4.69) is 15.4 Å². The zero-order valence-corrected chi connectivity index (χ0v) is 32.3. The van der Waals surface area contributed by atoms with Gasteiger partial charge in [-0.3, -0.25) is 19.3 Å². The average molecular weight is 788 g/mol. The van der Waals surface area contributed by atoms with E-state index < -0.39 is 81.0 Å². The molecule has 3 N–H and O–H groups in total. The molecule has 14 nitrogen and oxygen atoms in total. The van der Waals surface area contributed by atoms with Gasteiger partial charge in [0.2, 0.25) is 11.8 Å². The normalized spacial score (nSPS) is 26.6. The molecule has 0 radical (unpaired) electrons. The highest BCUT2D eigenvalue weighted by Crippen LogP contribution is 2.46. The second-order valence-electron chi connectivity index (χ2n) is 15.4. The van der Waals surface area contributed by atoms with Gasteiger partial charge in [0.25, 0.3) is 15.9 Å². The molecule has 1 saturated heterocycles. The Bertz CT molecular complexity index is 1960. The molecule has 17 heteroatoms. The van der Waals surface area contributed by atoms with Crippen LogP contribution in [0.25, 0.3) is 0 Å². The maximum atomic E-state index is 14.4. The molecule has 1 aromatic carbocycles. The number of aryl methyl sites for hydroxylation is 1. The average Bonchev–Trinajstić information content (AvgIpc) is 3.46. The van der Waals surface area contributed by atoms with Gasteiger partial charge in [0, 0.05) is 24.4 Å². The lowest BCUT2D eigenvalue weighted by Gasteiger charge is -2.30. The fraction of sp³-hybridized carbons (Fsp3) is 0.541. The molecule has 1 aliphatic carbocycles. The highest BCUT2D eigenvalue weighted by molar-refractivity contribution is 7.92. The van der Waals surface area contributed by atoms with Crippen molar-refractivity contribution >= 4 is 51.3 Å². The van der Waals surface area contributed by atoms with E-state index in [9.17, 15) is 36.8 Å². The van der Waals surface area contributed by atoms with Gasteiger partial charge >= 0.3 is 12.2 Å². The van der Waals surface area contributed by atoms with Gasteiger partial charge in [-0.25, -0.2) is 27.1 Å². The summed E-state index contributed by atoms with van der Waals surface area (Å²) in [4.78, 5) is 71.3. The summed E-state index contributed by atoms with van der Waals surface area (Å²) < 4.78 is 54.2. The number of alkyl carbamates (subject to hydrolysis) is 1. The largest absolute Gasteiger partial charge is 0.444 e. The number of fused-ring (bicyclic) bond motifs is 3. The van der Waals surface area contributed by atoms with E-state index in [1.54, 1.807) is 51.3 Å². The van der Waals surface area contributed by atoms with Crippen molar-refractivity contribution in [2.75, 3.05) is 6.54 Å². The van der Waals surface area contributed by atoms with Crippen molar-refractivity contribution in [1.29, 1.82) is 0 Å². The number of benzene rings is 1. The molecule has 0 unspecified atom stereocenters. The van der Waals surface area contributed by atoms with Crippen molar-refractivity contribution in [3.63, 3.8) is 0 Å². The van der Waals surface area contributed by atoms with Crippen LogP contribution in [0.1, 0.15) is 82.4 Å². The number of carbonyl (C=O) groups is 5. The number of nitrogens with one attached hydrogen (secondary N) is 3. The Morgan fingerprint density at radius 1 is 1.11 bits per heavy atom. The van der Waals surface area contributed by atoms with Gasteiger partial charge in [-0.2, -0.15) is 0 Å². The van der Waals surface area contributed by atoms with Crippen molar-refractivity contribution in [2.45, 2.75) is 119 Å². The second-order valence-corrected chi connectivity index (χ2v) is 18.2. The molecule has 3 aliphatic heterocycles. The Balaban J connectivity index is 1.26. The zero-order valence-electron chi connectivity index (χ0n) is 30.7. The van der Waals surface area contributed by atoms with E-state index in [1.165, 1.54) is 21.9 Å². The lowest BCUT2D eigenvalue weighted by molar-refractivity contribution is -0.141. The van der Waals surface area contributed by atoms with Gasteiger partial charge < -0.3 is 25.0 Å². The van der Waals surface area contributed by atoms with E-state index in [0.717, 1.165) is 17.8 Å². The van der Waals surface area contributed by atoms with Crippen molar-refractivity contribution < 1.29 is 46.3 Å². The molecule has 2 aromatic rings. The third-order valence-electron chi connectivity index (χ3n) is 9.99. The first kappa shape index (κ1) is 39.2. The van der Waals surface area contributed by atoms with E-state index in [-0.39, 0.29) is 43.1 Å². The van der Waals surface area contributed by atoms with Crippen molar-refractivity contribution in [3.8, 4) is 0 Å². The summed E-state index contributed by atoms with van der Waals surface area (Å²) in [5.74, 6) is -3.23. The zero-order chi connectivity index (χ0) is 39.0. The molecule has 6 rings (SSSR count).